The van der Waals surface area contributed by atoms with E-state index in [1.54, 1.807) is 6.73 Å². The van der Waals surface area contributed by atoms with Crippen LogP contribution in [0.5, 0.6) is 0 Å². The molecule has 84 valence electrons. The summed E-state index contributed by atoms with van der Waals surface area (Å²) in [4.78, 5) is 2.04. The zero-order valence-corrected chi connectivity index (χ0v) is 10.8. The fourth-order valence-corrected chi connectivity index (χ4v) is 2.44. The van der Waals surface area contributed by atoms with E-state index >= 15 is 0 Å². The average Bonchev–Trinajstić information content (AvgIpc) is 2.68. The Balaban J connectivity index is 0.00000196. The smallest absolute Gasteiger partial charge is 0.471 e. The molecule has 1 unspecified atom stereocenters. The molecule has 6 heteroatoms. The van der Waals surface area contributed by atoms with E-state index in [-0.39, 0.29) is 18.9 Å². The third kappa shape index (κ3) is 5.54. The molecule has 1 heterocycles. The predicted octanol–water partition coefficient (Wildman–Crippen LogP) is -0.528. The van der Waals surface area contributed by atoms with Gasteiger partial charge in [0.25, 0.3) is 0 Å². The molecule has 0 saturated carbocycles. The number of likely N-dealkylation sites (tertiary alicyclic amines) is 1. The molecule has 1 rings (SSSR count). The topological polar surface area (TPSA) is 38.8 Å². The molecule has 1 aliphatic rings. The van der Waals surface area contributed by atoms with Crippen LogP contribution >= 0.6 is 7.60 Å². The van der Waals surface area contributed by atoms with Gasteiger partial charge < -0.3 is 13.9 Å². The first-order valence-electron chi connectivity index (χ1n) is 5.19. The van der Waals surface area contributed by atoms with Crippen LogP contribution in [0.25, 0.3) is 0 Å². The van der Waals surface area contributed by atoms with Gasteiger partial charge in [-0.15, -0.1) is 6.73 Å². The van der Waals surface area contributed by atoms with Gasteiger partial charge in [0.15, 0.2) is 0 Å². The Labute approximate surface area is 104 Å². The molecule has 0 amide bonds. The molecule has 4 nitrogen and oxygen atoms in total. The van der Waals surface area contributed by atoms with E-state index in [9.17, 15) is 4.57 Å². The van der Waals surface area contributed by atoms with Crippen LogP contribution in [0.15, 0.2) is 0 Å². The molecule has 0 spiro atoms. The summed E-state index contributed by atoms with van der Waals surface area (Å²) in [7, 11) is -2.85. The third-order valence-corrected chi connectivity index (χ3v) is 4.05. The van der Waals surface area contributed by atoms with Crippen LogP contribution < -0.4 is 18.9 Å². The van der Waals surface area contributed by atoms with E-state index in [1.807, 2.05) is 18.7 Å². The molecule has 0 aromatic heterocycles. The second kappa shape index (κ2) is 7.90. The molecule has 0 aromatic carbocycles. The third-order valence-electron chi connectivity index (χ3n) is 2.21. The van der Waals surface area contributed by atoms with E-state index in [0.717, 1.165) is 13.1 Å². The predicted molar refractivity (Wildman–Crippen MR) is 56.0 cm³/mol. The van der Waals surface area contributed by atoms with Gasteiger partial charge in [-0.25, -0.2) is 0 Å². The molecule has 15 heavy (non-hydrogen) atoms. The first-order chi connectivity index (χ1) is 6.70. The summed E-state index contributed by atoms with van der Waals surface area (Å²) in [5.41, 5.74) is 0. The van der Waals surface area contributed by atoms with Crippen molar-refractivity contribution in [3.05, 3.63) is 6.73 Å². The Kier molecular flexibility index (Phi) is 8.27. The quantitative estimate of drug-likeness (QED) is 0.347. The van der Waals surface area contributed by atoms with Gasteiger partial charge in [0.1, 0.15) is 0 Å². The Bertz CT molecular complexity index is 210. The molecule has 1 atom stereocenters. The van der Waals surface area contributed by atoms with Crippen LogP contribution in [-0.4, -0.2) is 30.8 Å². The maximum absolute atomic E-state index is 11.8. The Morgan fingerprint density at radius 3 is 2.40 bits per heavy atom. The minimum Gasteiger partial charge on any atom is -0.471 e. The van der Waals surface area contributed by atoms with E-state index in [1.165, 1.54) is 12.8 Å². The van der Waals surface area contributed by atoms with Crippen LogP contribution in [0.3, 0.4) is 0 Å². The molecule has 0 radical (unpaired) electrons. The van der Waals surface area contributed by atoms with Gasteiger partial charge >= 0.3 is 26.5 Å². The minimum atomic E-state index is -2.85. The summed E-state index contributed by atoms with van der Waals surface area (Å²) in [6, 6.07) is 0. The number of nitrogens with zero attached hydrogens (tertiary/aromatic N) is 1. The van der Waals surface area contributed by atoms with Gasteiger partial charge in [-0.2, -0.15) is 0 Å². The van der Waals surface area contributed by atoms with Gasteiger partial charge in [0, 0.05) is 6.16 Å². The molecule has 0 bridgehead atoms. The minimum absolute atomic E-state index is 0. The summed E-state index contributed by atoms with van der Waals surface area (Å²) in [5, 5.41) is 0. The zero-order chi connectivity index (χ0) is 10.4. The van der Waals surface area contributed by atoms with Crippen molar-refractivity contribution < 1.29 is 32.5 Å². The molecule has 1 saturated heterocycles. The summed E-state index contributed by atoms with van der Waals surface area (Å²) in [6.07, 6.45) is 2.79. The van der Waals surface area contributed by atoms with Crippen molar-refractivity contribution >= 4 is 7.60 Å². The van der Waals surface area contributed by atoms with Crippen LogP contribution in [0.4, 0.5) is 0 Å². The fraction of sp³-hybridized carbons (Fsp3) is 0.889. The van der Waals surface area contributed by atoms with Crippen molar-refractivity contribution in [3.8, 4) is 0 Å². The maximum Gasteiger partial charge on any atom is 1.00 e. The van der Waals surface area contributed by atoms with E-state index in [0.29, 0.717) is 12.8 Å². The zero-order valence-electron chi connectivity index (χ0n) is 9.94. The average molecular weight is 227 g/mol. The molecular formula is C9H19LiNO3P. The Morgan fingerprint density at radius 1 is 1.33 bits per heavy atom. The first kappa shape index (κ1) is 15.7. The van der Waals surface area contributed by atoms with Crippen molar-refractivity contribution in [1.29, 1.82) is 0 Å². The summed E-state index contributed by atoms with van der Waals surface area (Å²) in [5.74, 6) is 0. The Morgan fingerprint density at radius 2 is 1.93 bits per heavy atom. The second-order valence-electron chi connectivity index (χ2n) is 3.30. The van der Waals surface area contributed by atoms with Gasteiger partial charge in [-0.05, 0) is 32.9 Å². The fourth-order valence-electron chi connectivity index (χ4n) is 1.38. The first-order valence-corrected chi connectivity index (χ1v) is 6.92. The van der Waals surface area contributed by atoms with Crippen LogP contribution in [0.2, 0.25) is 0 Å². The van der Waals surface area contributed by atoms with Crippen molar-refractivity contribution in [1.82, 2.24) is 4.90 Å². The normalized spacial score (nSPS) is 20.9. The summed E-state index contributed by atoms with van der Waals surface area (Å²) in [6.45, 7) is 7.63. The van der Waals surface area contributed by atoms with Gasteiger partial charge in [-0.1, -0.05) is 6.92 Å². The van der Waals surface area contributed by atoms with Crippen molar-refractivity contribution in [2.45, 2.75) is 26.7 Å². The van der Waals surface area contributed by atoms with Gasteiger partial charge in [0.05, 0.1) is 6.61 Å². The van der Waals surface area contributed by atoms with Crippen molar-refractivity contribution in [2.75, 3.05) is 25.9 Å². The van der Waals surface area contributed by atoms with E-state index < -0.39 is 7.60 Å². The SMILES string of the molecule is CCOP(=O)(CC)O[CH-]N1CCCC1.[Li+]. The molecular weight excluding hydrogens is 208 g/mol. The molecule has 0 aromatic rings. The summed E-state index contributed by atoms with van der Waals surface area (Å²) < 4.78 is 22.2. The monoisotopic (exact) mass is 227 g/mol. The van der Waals surface area contributed by atoms with E-state index in [2.05, 4.69) is 0 Å². The molecule has 0 aliphatic carbocycles. The molecule has 0 N–H and O–H groups in total. The maximum atomic E-state index is 11.8. The summed E-state index contributed by atoms with van der Waals surface area (Å²) >= 11 is 0. The number of hydrogen-bond acceptors (Lipinski definition) is 4. The number of hydrogen-bond donors (Lipinski definition) is 0. The van der Waals surface area contributed by atoms with Crippen LogP contribution in [0, 0.1) is 6.73 Å². The largest absolute Gasteiger partial charge is 1.00 e. The van der Waals surface area contributed by atoms with Crippen LogP contribution in [0.1, 0.15) is 26.7 Å². The van der Waals surface area contributed by atoms with E-state index in [4.69, 9.17) is 9.05 Å². The second-order valence-corrected chi connectivity index (χ2v) is 5.62. The molecule has 1 fully saturated rings. The standard InChI is InChI=1S/C9H19NO3P.Li/c1-3-12-14(11,4-2)13-9-10-7-5-6-8-10;/h9H,3-8H2,1-2H3;/q-1;+1. The Hall–Kier alpha value is 0.707. The van der Waals surface area contributed by atoms with Crippen LogP contribution in [-0.2, 0) is 13.6 Å². The van der Waals surface area contributed by atoms with Crippen molar-refractivity contribution in [3.63, 3.8) is 0 Å². The number of rotatable bonds is 6. The van der Waals surface area contributed by atoms with Crippen molar-refractivity contribution in [2.24, 2.45) is 0 Å². The van der Waals surface area contributed by atoms with Gasteiger partial charge in [-0.3, -0.25) is 4.57 Å². The molecule has 1 aliphatic heterocycles. The van der Waals surface area contributed by atoms with Gasteiger partial charge in [0.2, 0.25) is 0 Å².